The molecular weight excluding hydrogens is 398 g/mol. The van der Waals surface area contributed by atoms with E-state index >= 15 is 0 Å². The predicted octanol–water partition coefficient (Wildman–Crippen LogP) is 2.32. The molecule has 0 atom stereocenters. The Morgan fingerprint density at radius 2 is 2.00 bits per heavy atom. The highest BCUT2D eigenvalue weighted by Gasteiger charge is 2.14. The zero-order valence-corrected chi connectivity index (χ0v) is 16.6. The maximum Gasteiger partial charge on any atom is 0.266 e. The van der Waals surface area contributed by atoms with Gasteiger partial charge >= 0.3 is 0 Å². The van der Waals surface area contributed by atoms with E-state index in [1.807, 2.05) is 13.2 Å². The molecule has 0 aliphatic heterocycles. The van der Waals surface area contributed by atoms with Gasteiger partial charge in [0.15, 0.2) is 0 Å². The summed E-state index contributed by atoms with van der Waals surface area (Å²) in [5, 5.41) is 6.59. The van der Waals surface area contributed by atoms with Crippen molar-refractivity contribution in [3.05, 3.63) is 77.0 Å². The summed E-state index contributed by atoms with van der Waals surface area (Å²) in [6.07, 6.45) is 7.58. The largest absolute Gasteiger partial charge is 0.456 e. The van der Waals surface area contributed by atoms with Gasteiger partial charge in [0, 0.05) is 48.4 Å². The number of nitrogens with one attached hydrogen (secondary N) is 1. The van der Waals surface area contributed by atoms with Gasteiger partial charge < -0.3 is 10.1 Å². The Labute approximate surface area is 181 Å². The van der Waals surface area contributed by atoms with Crippen LogP contribution in [-0.4, -0.2) is 35.2 Å². The van der Waals surface area contributed by atoms with E-state index in [4.69, 9.17) is 8.85 Å². The first-order valence-electron chi connectivity index (χ1n) is 10.6. The van der Waals surface area contributed by atoms with Crippen LogP contribution in [0.5, 0.6) is 11.5 Å². The third-order valence-electron chi connectivity index (χ3n) is 4.33. The number of ether oxygens (including phenoxy) is 1. The monoisotopic (exact) mass is 420 g/mol. The minimum absolute atomic E-state index is 0.0241. The summed E-state index contributed by atoms with van der Waals surface area (Å²) in [7, 11) is 1.81. The lowest BCUT2D eigenvalue weighted by Gasteiger charge is -2.09. The van der Waals surface area contributed by atoms with E-state index in [-0.39, 0.29) is 11.6 Å². The van der Waals surface area contributed by atoms with Gasteiger partial charge in [-0.15, -0.1) is 0 Å². The summed E-state index contributed by atoms with van der Waals surface area (Å²) in [5.41, 5.74) is 0.153. The van der Waals surface area contributed by atoms with Crippen molar-refractivity contribution >= 4 is 11.7 Å². The van der Waals surface area contributed by atoms with Crippen LogP contribution in [0.2, 0.25) is 0 Å². The Kier molecular flexibility index (Phi) is 4.35. The molecule has 10 heteroatoms. The van der Waals surface area contributed by atoms with Crippen LogP contribution in [0.4, 0.5) is 5.82 Å². The van der Waals surface area contributed by atoms with Crippen molar-refractivity contribution in [2.45, 2.75) is 6.92 Å². The van der Waals surface area contributed by atoms with E-state index in [9.17, 15) is 9.59 Å². The van der Waals surface area contributed by atoms with Gasteiger partial charge in [-0.25, -0.2) is 9.97 Å². The van der Waals surface area contributed by atoms with E-state index in [0.717, 1.165) is 11.8 Å². The van der Waals surface area contributed by atoms with E-state index in [1.165, 1.54) is 19.2 Å². The molecule has 0 aromatic carbocycles. The lowest BCUT2D eigenvalue weighted by atomic mass is 10.2. The highest BCUT2D eigenvalue weighted by Crippen LogP contribution is 2.25. The Hall–Kier alpha value is -4.34. The van der Waals surface area contributed by atoms with Crippen LogP contribution in [0.15, 0.2) is 60.0 Å². The Bertz CT molecular complexity index is 1410. The van der Waals surface area contributed by atoms with E-state index in [0.29, 0.717) is 21.8 Å². The van der Waals surface area contributed by atoms with Crippen molar-refractivity contribution in [2.75, 3.05) is 5.32 Å². The van der Waals surface area contributed by atoms with Gasteiger partial charge in [0.2, 0.25) is 0 Å². The summed E-state index contributed by atoms with van der Waals surface area (Å²) >= 11 is 0. The van der Waals surface area contributed by atoms with Crippen molar-refractivity contribution in [1.29, 1.82) is 0 Å². The molecule has 0 saturated heterocycles. The van der Waals surface area contributed by atoms with Crippen LogP contribution in [0, 0.1) is 6.92 Å². The molecule has 0 saturated carbocycles. The number of hydrogen-bond donors (Lipinski definition) is 1. The maximum atomic E-state index is 12.5. The van der Waals surface area contributed by atoms with Crippen molar-refractivity contribution in [3.63, 3.8) is 0 Å². The number of pyridine rings is 2. The average Bonchev–Trinajstić information content (AvgIpc) is 3.21. The first-order chi connectivity index (χ1) is 16.1. The number of nitrogens with zero attached hydrogens (tertiary/aromatic N) is 6. The fourth-order valence-electron chi connectivity index (χ4n) is 2.71. The van der Waals surface area contributed by atoms with Crippen molar-refractivity contribution in [2.24, 2.45) is 14.0 Å². The second kappa shape index (κ2) is 8.19. The third-order valence-corrected chi connectivity index (χ3v) is 4.33. The Morgan fingerprint density at radius 1 is 1.13 bits per heavy atom. The molecule has 1 N–H and O–H groups in total. The molecular formula is C21H19N7O3. The fraction of sp³-hybridized carbons (Fsp3) is 0.143. The molecule has 4 aromatic rings. The number of aromatic nitrogens is 6. The van der Waals surface area contributed by atoms with Crippen LogP contribution in [0.3, 0.4) is 0 Å². The second-order valence-corrected chi connectivity index (χ2v) is 6.57. The number of aryl methyl sites for hydroxylation is 2. The second-order valence-electron chi connectivity index (χ2n) is 6.57. The van der Waals surface area contributed by atoms with Gasteiger partial charge in [0.25, 0.3) is 11.5 Å². The number of anilines is 1. The highest BCUT2D eigenvalue weighted by molar-refractivity contribution is 6.03. The van der Waals surface area contributed by atoms with Crippen LogP contribution >= 0.6 is 0 Å². The molecule has 156 valence electrons. The molecule has 4 heterocycles. The SMILES string of the molecule is [2H]C([2H])([2H])n1c(C)ncc(C(=O)Nc2ccc(Oc3ccnc(-c4cnn(C)c4)c3)cn2)c1=O. The molecule has 0 aliphatic rings. The highest BCUT2D eigenvalue weighted by atomic mass is 16.5. The predicted molar refractivity (Wildman–Crippen MR) is 113 cm³/mol. The number of rotatable bonds is 5. The number of hydrogen-bond acceptors (Lipinski definition) is 7. The van der Waals surface area contributed by atoms with E-state index < -0.39 is 24.0 Å². The molecule has 0 aliphatic carbocycles. The molecule has 0 radical (unpaired) electrons. The third kappa shape index (κ3) is 4.32. The minimum Gasteiger partial charge on any atom is -0.456 e. The number of amides is 1. The molecule has 4 rings (SSSR count). The molecule has 4 aromatic heterocycles. The fourth-order valence-corrected chi connectivity index (χ4v) is 2.71. The summed E-state index contributed by atoms with van der Waals surface area (Å²) in [4.78, 5) is 37.3. The Balaban J connectivity index is 1.48. The van der Waals surface area contributed by atoms with Crippen LogP contribution in [0.1, 0.15) is 20.3 Å². The normalized spacial score (nSPS) is 12.5. The summed E-state index contributed by atoms with van der Waals surface area (Å²) in [5.74, 6) is 0.228. The standard InChI is InChI=1S/C21H19N7O3/c1-13-23-11-17(21(30)28(13)3)20(29)26-19-5-4-16(10-24-19)31-15-6-7-22-18(8-15)14-9-25-27(2)12-14/h4-12H,1-3H3,(H,24,26,29)/i3D3. The van der Waals surface area contributed by atoms with Crippen molar-refractivity contribution in [3.8, 4) is 22.8 Å². The van der Waals surface area contributed by atoms with Gasteiger partial charge in [-0.1, -0.05) is 0 Å². The van der Waals surface area contributed by atoms with E-state index in [2.05, 4.69) is 25.4 Å². The van der Waals surface area contributed by atoms with E-state index in [1.54, 1.807) is 35.3 Å². The average molecular weight is 420 g/mol. The van der Waals surface area contributed by atoms with Crippen LogP contribution < -0.4 is 15.6 Å². The number of carbonyl (C=O) groups excluding carboxylic acids is 1. The zero-order chi connectivity index (χ0) is 24.5. The van der Waals surface area contributed by atoms with Crippen LogP contribution in [-0.2, 0) is 14.0 Å². The van der Waals surface area contributed by atoms with Crippen molar-refractivity contribution in [1.82, 2.24) is 29.3 Å². The molecule has 0 spiro atoms. The zero-order valence-electron chi connectivity index (χ0n) is 19.6. The van der Waals surface area contributed by atoms with Crippen LogP contribution in [0.25, 0.3) is 11.3 Å². The minimum atomic E-state index is -2.76. The summed E-state index contributed by atoms with van der Waals surface area (Å²) in [6.45, 7) is -1.39. The molecule has 0 fully saturated rings. The van der Waals surface area contributed by atoms with Gasteiger partial charge in [0.1, 0.15) is 28.7 Å². The summed E-state index contributed by atoms with van der Waals surface area (Å²) in [6, 6.07) is 6.52. The topological polar surface area (TPSA) is 117 Å². The van der Waals surface area contributed by atoms with Gasteiger partial charge in [-0.3, -0.25) is 23.8 Å². The maximum absolute atomic E-state index is 12.5. The molecule has 0 bridgehead atoms. The van der Waals surface area contributed by atoms with Gasteiger partial charge in [-0.2, -0.15) is 5.10 Å². The van der Waals surface area contributed by atoms with Crippen molar-refractivity contribution < 1.29 is 13.6 Å². The van der Waals surface area contributed by atoms with Gasteiger partial charge in [0.05, 0.1) is 18.1 Å². The first kappa shape index (κ1) is 16.5. The lowest BCUT2D eigenvalue weighted by molar-refractivity contribution is 0.102. The molecule has 10 nitrogen and oxygen atoms in total. The number of carbonyl (C=O) groups is 1. The first-order valence-corrected chi connectivity index (χ1v) is 9.11. The quantitative estimate of drug-likeness (QED) is 0.526. The molecule has 0 unspecified atom stereocenters. The van der Waals surface area contributed by atoms with Gasteiger partial charge in [-0.05, 0) is 25.1 Å². The molecule has 1 amide bonds. The summed E-state index contributed by atoms with van der Waals surface area (Å²) < 4.78 is 30.4. The lowest BCUT2D eigenvalue weighted by Crippen LogP contribution is -2.29. The Morgan fingerprint density at radius 3 is 2.71 bits per heavy atom. The smallest absolute Gasteiger partial charge is 0.266 e. The molecule has 31 heavy (non-hydrogen) atoms.